The highest BCUT2D eigenvalue weighted by atomic mass is 32.1. The minimum absolute atomic E-state index is 0.139. The maximum absolute atomic E-state index is 12.6. The van der Waals surface area contributed by atoms with Gasteiger partial charge in [0.25, 0.3) is 5.91 Å². The molecule has 0 radical (unpaired) electrons. The van der Waals surface area contributed by atoms with Crippen LogP contribution in [0.1, 0.15) is 36.7 Å². The van der Waals surface area contributed by atoms with E-state index in [1.807, 2.05) is 26.0 Å². The molecule has 0 atom stereocenters. The summed E-state index contributed by atoms with van der Waals surface area (Å²) in [6.45, 7) is 3.42. The Morgan fingerprint density at radius 3 is 2.39 bits per heavy atom. The van der Waals surface area contributed by atoms with E-state index in [2.05, 4.69) is 5.32 Å². The number of ether oxygens (including phenoxy) is 1. The molecule has 3 aromatic rings. The number of rotatable bonds is 6. The SMILES string of the molecule is Cc1cccc(NC(=O)COC(=O)c2ccccc2C(=O)c2cccs2)c1C. The van der Waals surface area contributed by atoms with Crippen molar-refractivity contribution in [2.45, 2.75) is 13.8 Å². The van der Waals surface area contributed by atoms with Gasteiger partial charge in [0, 0.05) is 11.3 Å². The predicted molar refractivity (Wildman–Crippen MR) is 109 cm³/mol. The highest BCUT2D eigenvalue weighted by molar-refractivity contribution is 7.12. The van der Waals surface area contributed by atoms with Gasteiger partial charge < -0.3 is 10.1 Å². The maximum atomic E-state index is 12.6. The van der Waals surface area contributed by atoms with Crippen LogP contribution in [0.15, 0.2) is 60.0 Å². The van der Waals surface area contributed by atoms with E-state index in [4.69, 9.17) is 4.74 Å². The Labute approximate surface area is 167 Å². The molecule has 1 aromatic heterocycles. The second-order valence-corrected chi connectivity index (χ2v) is 7.17. The first-order valence-corrected chi connectivity index (χ1v) is 9.55. The average Bonchev–Trinajstić information content (AvgIpc) is 3.24. The predicted octanol–water partition coefficient (Wildman–Crippen LogP) is 4.39. The number of carbonyl (C=O) groups is 3. The number of hydrogen-bond donors (Lipinski definition) is 1. The Morgan fingerprint density at radius 2 is 1.68 bits per heavy atom. The standard InChI is InChI=1S/C22H19NO4S/c1-14-7-5-10-18(15(14)2)23-20(24)13-27-22(26)17-9-4-3-8-16(17)21(25)19-11-6-12-28-19/h3-12H,13H2,1-2H3,(H,23,24). The molecule has 142 valence electrons. The Kier molecular flexibility index (Phi) is 6.01. The van der Waals surface area contributed by atoms with Crippen LogP contribution in [0.3, 0.4) is 0 Å². The third kappa shape index (κ3) is 4.35. The van der Waals surface area contributed by atoms with Crippen molar-refractivity contribution in [3.05, 3.63) is 87.1 Å². The van der Waals surface area contributed by atoms with E-state index in [0.717, 1.165) is 11.1 Å². The van der Waals surface area contributed by atoms with Crippen molar-refractivity contribution in [1.82, 2.24) is 0 Å². The van der Waals surface area contributed by atoms with E-state index in [-0.39, 0.29) is 16.9 Å². The van der Waals surface area contributed by atoms with Crippen molar-refractivity contribution in [3.63, 3.8) is 0 Å². The van der Waals surface area contributed by atoms with Gasteiger partial charge in [0.15, 0.2) is 6.61 Å². The van der Waals surface area contributed by atoms with Crippen LogP contribution in [-0.4, -0.2) is 24.3 Å². The first-order valence-electron chi connectivity index (χ1n) is 8.68. The smallest absolute Gasteiger partial charge is 0.339 e. The molecule has 0 unspecified atom stereocenters. The third-order valence-electron chi connectivity index (χ3n) is 4.35. The van der Waals surface area contributed by atoms with Crippen molar-refractivity contribution in [2.75, 3.05) is 11.9 Å². The van der Waals surface area contributed by atoms with E-state index in [0.29, 0.717) is 10.6 Å². The molecule has 0 aliphatic rings. The van der Waals surface area contributed by atoms with E-state index in [9.17, 15) is 14.4 Å². The number of nitrogens with one attached hydrogen (secondary N) is 1. The molecular weight excluding hydrogens is 374 g/mol. The summed E-state index contributed by atoms with van der Waals surface area (Å²) in [6, 6.07) is 15.5. The maximum Gasteiger partial charge on any atom is 0.339 e. The summed E-state index contributed by atoms with van der Waals surface area (Å²) in [5.41, 5.74) is 3.07. The van der Waals surface area contributed by atoms with Crippen LogP contribution in [0.2, 0.25) is 0 Å². The summed E-state index contributed by atoms with van der Waals surface area (Å²) in [4.78, 5) is 37.8. The molecule has 5 nitrogen and oxygen atoms in total. The van der Waals surface area contributed by atoms with Gasteiger partial charge in [-0.25, -0.2) is 4.79 Å². The quantitative estimate of drug-likeness (QED) is 0.498. The molecule has 0 saturated heterocycles. The fraction of sp³-hybridized carbons (Fsp3) is 0.136. The Balaban J connectivity index is 1.68. The van der Waals surface area contributed by atoms with Crippen LogP contribution in [0.4, 0.5) is 5.69 Å². The number of aryl methyl sites for hydroxylation is 1. The molecule has 28 heavy (non-hydrogen) atoms. The van der Waals surface area contributed by atoms with E-state index in [1.165, 1.54) is 17.4 Å². The number of thiophene rings is 1. The summed E-state index contributed by atoms with van der Waals surface area (Å²) in [7, 11) is 0. The Bertz CT molecular complexity index is 1020. The summed E-state index contributed by atoms with van der Waals surface area (Å²) >= 11 is 1.30. The number of hydrogen-bond acceptors (Lipinski definition) is 5. The fourth-order valence-electron chi connectivity index (χ4n) is 2.68. The first-order chi connectivity index (χ1) is 13.5. The molecule has 1 heterocycles. The van der Waals surface area contributed by atoms with E-state index >= 15 is 0 Å². The highest BCUT2D eigenvalue weighted by Crippen LogP contribution is 2.20. The van der Waals surface area contributed by atoms with Gasteiger partial charge >= 0.3 is 5.97 Å². The third-order valence-corrected chi connectivity index (χ3v) is 5.22. The molecule has 0 saturated carbocycles. The van der Waals surface area contributed by atoms with Gasteiger partial charge in [0.2, 0.25) is 5.78 Å². The average molecular weight is 393 g/mol. The molecular formula is C22H19NO4S. The van der Waals surface area contributed by atoms with Crippen LogP contribution < -0.4 is 5.32 Å². The fourth-order valence-corrected chi connectivity index (χ4v) is 3.36. The Hall–Kier alpha value is -3.25. The minimum atomic E-state index is -0.711. The zero-order chi connectivity index (χ0) is 20.1. The largest absolute Gasteiger partial charge is 0.452 e. The lowest BCUT2D eigenvalue weighted by atomic mass is 10.0. The molecule has 0 aliphatic heterocycles. The van der Waals surface area contributed by atoms with Crippen molar-refractivity contribution in [1.29, 1.82) is 0 Å². The number of esters is 1. The van der Waals surface area contributed by atoms with Crippen molar-refractivity contribution < 1.29 is 19.1 Å². The van der Waals surface area contributed by atoms with Gasteiger partial charge in [-0.3, -0.25) is 9.59 Å². The van der Waals surface area contributed by atoms with E-state index < -0.39 is 18.5 Å². The van der Waals surface area contributed by atoms with Crippen LogP contribution in [-0.2, 0) is 9.53 Å². The Morgan fingerprint density at radius 1 is 0.929 bits per heavy atom. The second kappa shape index (κ2) is 8.63. The zero-order valence-electron chi connectivity index (χ0n) is 15.5. The molecule has 2 aromatic carbocycles. The summed E-state index contributed by atoms with van der Waals surface area (Å²) in [5.74, 6) is -1.40. The number of benzene rings is 2. The van der Waals surface area contributed by atoms with Gasteiger partial charge in [-0.1, -0.05) is 36.4 Å². The number of ketones is 1. The van der Waals surface area contributed by atoms with Gasteiger partial charge in [0.1, 0.15) is 0 Å². The minimum Gasteiger partial charge on any atom is -0.452 e. The molecule has 0 aliphatic carbocycles. The number of amides is 1. The van der Waals surface area contributed by atoms with Crippen molar-refractivity contribution in [3.8, 4) is 0 Å². The summed E-state index contributed by atoms with van der Waals surface area (Å²) in [6.07, 6.45) is 0. The lowest BCUT2D eigenvalue weighted by molar-refractivity contribution is -0.119. The monoisotopic (exact) mass is 393 g/mol. The highest BCUT2D eigenvalue weighted by Gasteiger charge is 2.20. The van der Waals surface area contributed by atoms with Crippen molar-refractivity contribution >= 4 is 34.7 Å². The second-order valence-electron chi connectivity index (χ2n) is 6.22. The van der Waals surface area contributed by atoms with Gasteiger partial charge in [-0.05, 0) is 48.6 Å². The van der Waals surface area contributed by atoms with Crippen LogP contribution >= 0.6 is 11.3 Å². The summed E-state index contributed by atoms with van der Waals surface area (Å²) < 4.78 is 5.14. The summed E-state index contributed by atoms with van der Waals surface area (Å²) in [5, 5.41) is 4.53. The molecule has 3 rings (SSSR count). The topological polar surface area (TPSA) is 72.5 Å². The van der Waals surface area contributed by atoms with Gasteiger partial charge in [0.05, 0.1) is 10.4 Å². The lowest BCUT2D eigenvalue weighted by Crippen LogP contribution is -2.22. The molecule has 1 N–H and O–H groups in total. The number of anilines is 1. The van der Waals surface area contributed by atoms with Crippen LogP contribution in [0.25, 0.3) is 0 Å². The van der Waals surface area contributed by atoms with Gasteiger partial charge in [-0.2, -0.15) is 0 Å². The first kappa shape index (κ1) is 19.5. The normalized spacial score (nSPS) is 10.4. The molecule has 1 amide bonds. The number of carbonyl (C=O) groups excluding carboxylic acids is 3. The van der Waals surface area contributed by atoms with Crippen LogP contribution in [0.5, 0.6) is 0 Å². The molecule has 0 fully saturated rings. The molecule has 0 bridgehead atoms. The molecule has 0 spiro atoms. The van der Waals surface area contributed by atoms with E-state index in [1.54, 1.807) is 41.8 Å². The van der Waals surface area contributed by atoms with Crippen molar-refractivity contribution in [2.24, 2.45) is 0 Å². The molecule has 6 heteroatoms. The zero-order valence-corrected chi connectivity index (χ0v) is 16.3. The van der Waals surface area contributed by atoms with Gasteiger partial charge in [-0.15, -0.1) is 11.3 Å². The van der Waals surface area contributed by atoms with Crippen LogP contribution in [0, 0.1) is 13.8 Å². The lowest BCUT2D eigenvalue weighted by Gasteiger charge is -2.11.